The highest BCUT2D eigenvalue weighted by Gasteiger charge is 2.17. The smallest absolute Gasteiger partial charge is 0.261 e. The summed E-state index contributed by atoms with van der Waals surface area (Å²) in [4.78, 5) is 0.596. The van der Waals surface area contributed by atoms with Gasteiger partial charge in [-0.15, -0.1) is 11.8 Å². The van der Waals surface area contributed by atoms with E-state index >= 15 is 0 Å². The van der Waals surface area contributed by atoms with Gasteiger partial charge in [-0.3, -0.25) is 4.72 Å². The molecular weight excluding hydrogens is 344 g/mol. The fourth-order valence-corrected chi connectivity index (χ4v) is 3.95. The molecule has 0 spiro atoms. The number of thioether (sulfide) groups is 1. The molecule has 2 rings (SSSR count). The van der Waals surface area contributed by atoms with Crippen molar-refractivity contribution in [2.24, 2.45) is 5.14 Å². The van der Waals surface area contributed by atoms with E-state index in [0.717, 1.165) is 17.0 Å². The topological polar surface area (TPSA) is 106 Å². The number of rotatable bonds is 5. The molecule has 0 aliphatic rings. The Hall–Kier alpha value is -1.55. The zero-order chi connectivity index (χ0) is 16.4. The number of sulfonamides is 2. The van der Waals surface area contributed by atoms with E-state index in [9.17, 15) is 16.8 Å². The van der Waals surface area contributed by atoms with Crippen molar-refractivity contribution < 1.29 is 16.8 Å². The van der Waals surface area contributed by atoms with Gasteiger partial charge in [0.25, 0.3) is 10.0 Å². The van der Waals surface area contributed by atoms with Crippen molar-refractivity contribution >= 4 is 37.5 Å². The first-order valence-corrected chi connectivity index (χ1v) is 10.3. The van der Waals surface area contributed by atoms with E-state index in [2.05, 4.69) is 4.72 Å². The number of nitrogens with two attached hydrogens (primary N) is 1. The molecule has 0 fully saturated rings. The second kappa shape index (κ2) is 6.29. The fraction of sp³-hybridized carbons (Fsp3) is 0.0769. The van der Waals surface area contributed by atoms with Crippen LogP contribution in [0.25, 0.3) is 0 Å². The Morgan fingerprint density at radius 2 is 1.45 bits per heavy atom. The predicted octanol–water partition coefficient (Wildman–Crippen LogP) is 1.86. The van der Waals surface area contributed by atoms with Crippen molar-refractivity contribution in [3.05, 3.63) is 48.5 Å². The zero-order valence-corrected chi connectivity index (χ0v) is 14.0. The molecule has 2 aromatic carbocycles. The Morgan fingerprint density at radius 1 is 0.909 bits per heavy atom. The number of hydrogen-bond acceptors (Lipinski definition) is 5. The Bertz CT molecular complexity index is 876. The van der Waals surface area contributed by atoms with Gasteiger partial charge < -0.3 is 0 Å². The number of benzene rings is 2. The number of para-hydroxylation sites is 1. The van der Waals surface area contributed by atoms with E-state index < -0.39 is 20.0 Å². The van der Waals surface area contributed by atoms with Crippen LogP contribution in [0.1, 0.15) is 0 Å². The molecule has 0 amide bonds. The summed E-state index contributed by atoms with van der Waals surface area (Å²) in [6.45, 7) is 0. The van der Waals surface area contributed by atoms with Crippen LogP contribution < -0.4 is 9.86 Å². The lowest BCUT2D eigenvalue weighted by Crippen LogP contribution is -2.15. The van der Waals surface area contributed by atoms with Crippen molar-refractivity contribution in [3.8, 4) is 0 Å². The molecule has 6 nitrogen and oxygen atoms in total. The molecule has 0 heterocycles. The Balaban J connectivity index is 2.35. The molecule has 118 valence electrons. The molecule has 0 radical (unpaired) electrons. The highest BCUT2D eigenvalue weighted by Crippen LogP contribution is 2.27. The van der Waals surface area contributed by atoms with Crippen molar-refractivity contribution in [2.75, 3.05) is 11.0 Å². The monoisotopic (exact) mass is 358 g/mol. The lowest BCUT2D eigenvalue weighted by molar-refractivity contribution is 0.595. The van der Waals surface area contributed by atoms with Crippen LogP contribution in [-0.4, -0.2) is 23.1 Å². The fourth-order valence-electron chi connectivity index (χ4n) is 1.74. The first-order valence-electron chi connectivity index (χ1n) is 6.03. The van der Waals surface area contributed by atoms with Crippen molar-refractivity contribution in [1.29, 1.82) is 0 Å². The minimum Gasteiger partial charge on any atom is -0.278 e. The average Bonchev–Trinajstić information content (AvgIpc) is 2.47. The number of anilines is 1. The summed E-state index contributed by atoms with van der Waals surface area (Å²) in [5, 5.41) is 4.98. The molecule has 2 aromatic rings. The van der Waals surface area contributed by atoms with Gasteiger partial charge >= 0.3 is 0 Å². The summed E-state index contributed by atoms with van der Waals surface area (Å²) in [7, 11) is -7.66. The van der Waals surface area contributed by atoms with Crippen LogP contribution in [0.3, 0.4) is 0 Å². The third kappa shape index (κ3) is 3.80. The first-order chi connectivity index (χ1) is 10.2. The van der Waals surface area contributed by atoms with Gasteiger partial charge in [0.05, 0.1) is 15.5 Å². The van der Waals surface area contributed by atoms with Crippen LogP contribution in [0.15, 0.2) is 63.2 Å². The van der Waals surface area contributed by atoms with Gasteiger partial charge in [-0.2, -0.15) is 0 Å². The third-order valence-electron chi connectivity index (χ3n) is 2.81. The molecule has 3 N–H and O–H groups in total. The van der Waals surface area contributed by atoms with Crippen molar-refractivity contribution in [3.63, 3.8) is 0 Å². The molecule has 0 aliphatic heterocycles. The lowest BCUT2D eigenvalue weighted by atomic mass is 10.3. The molecule has 0 atom stereocenters. The van der Waals surface area contributed by atoms with E-state index in [1.807, 2.05) is 12.3 Å². The number of hydrogen-bond donors (Lipinski definition) is 2. The van der Waals surface area contributed by atoms with E-state index in [1.54, 1.807) is 18.2 Å². The van der Waals surface area contributed by atoms with E-state index in [1.165, 1.54) is 23.9 Å². The summed E-state index contributed by atoms with van der Waals surface area (Å²) in [5.74, 6) is 0. The summed E-state index contributed by atoms with van der Waals surface area (Å²) in [6.07, 6.45) is 1.84. The number of nitrogens with one attached hydrogen (secondary N) is 1. The third-order valence-corrected chi connectivity index (χ3v) is 5.92. The maximum atomic E-state index is 12.3. The number of primary sulfonamides is 1. The Morgan fingerprint density at radius 3 is 2.00 bits per heavy atom. The van der Waals surface area contributed by atoms with Gasteiger partial charge in [-0.25, -0.2) is 22.0 Å². The van der Waals surface area contributed by atoms with Crippen molar-refractivity contribution in [2.45, 2.75) is 14.7 Å². The van der Waals surface area contributed by atoms with Crippen molar-refractivity contribution in [1.82, 2.24) is 0 Å². The van der Waals surface area contributed by atoms with Crippen LogP contribution in [0, 0.1) is 0 Å². The van der Waals surface area contributed by atoms with E-state index in [0.29, 0.717) is 5.69 Å². The molecular formula is C13H14N2O4S3. The highest BCUT2D eigenvalue weighted by atomic mass is 32.2. The molecule has 22 heavy (non-hydrogen) atoms. The molecule has 0 bridgehead atoms. The lowest BCUT2D eigenvalue weighted by Gasteiger charge is -2.11. The summed E-state index contributed by atoms with van der Waals surface area (Å²) in [6, 6.07) is 11.7. The summed E-state index contributed by atoms with van der Waals surface area (Å²) in [5.41, 5.74) is 0.463. The first kappa shape index (κ1) is 16.8. The van der Waals surface area contributed by atoms with Gasteiger partial charge in [-0.05, 0) is 42.7 Å². The SMILES string of the molecule is CSc1ccccc1NS(=O)(=O)c1ccc(S(N)(=O)=O)cc1. The molecule has 0 aromatic heterocycles. The molecule has 0 saturated carbocycles. The van der Waals surface area contributed by atoms with E-state index in [-0.39, 0.29) is 9.79 Å². The second-order valence-electron chi connectivity index (χ2n) is 4.32. The quantitative estimate of drug-likeness (QED) is 0.794. The molecule has 0 aliphatic carbocycles. The van der Waals surface area contributed by atoms with Crippen LogP contribution in [-0.2, 0) is 20.0 Å². The van der Waals surface area contributed by atoms with Crippen LogP contribution in [0.5, 0.6) is 0 Å². The largest absolute Gasteiger partial charge is 0.278 e. The summed E-state index contributed by atoms with van der Waals surface area (Å²) >= 11 is 1.41. The normalized spacial score (nSPS) is 12.1. The average molecular weight is 358 g/mol. The van der Waals surface area contributed by atoms with Crippen LogP contribution in [0.4, 0.5) is 5.69 Å². The van der Waals surface area contributed by atoms with Gasteiger partial charge in [-0.1, -0.05) is 12.1 Å². The zero-order valence-electron chi connectivity index (χ0n) is 11.6. The van der Waals surface area contributed by atoms with Gasteiger partial charge in [0.2, 0.25) is 10.0 Å². The Labute approximate surface area is 133 Å². The van der Waals surface area contributed by atoms with Crippen LogP contribution >= 0.6 is 11.8 Å². The molecule has 0 saturated heterocycles. The van der Waals surface area contributed by atoms with Gasteiger partial charge in [0, 0.05) is 4.90 Å². The van der Waals surface area contributed by atoms with Crippen LogP contribution in [0.2, 0.25) is 0 Å². The molecule has 9 heteroatoms. The van der Waals surface area contributed by atoms with Gasteiger partial charge in [0.15, 0.2) is 0 Å². The predicted molar refractivity (Wildman–Crippen MR) is 86.8 cm³/mol. The maximum Gasteiger partial charge on any atom is 0.261 e. The summed E-state index contributed by atoms with van der Waals surface area (Å²) < 4.78 is 49.5. The van der Waals surface area contributed by atoms with E-state index in [4.69, 9.17) is 5.14 Å². The minimum absolute atomic E-state index is 0.0455. The standard InChI is InChI=1S/C13H14N2O4S3/c1-20-13-5-3-2-4-12(13)15-22(18,19)11-8-6-10(7-9-11)21(14,16)17/h2-9,15H,1H3,(H2,14,16,17). The molecule has 0 unspecified atom stereocenters. The second-order valence-corrected chi connectivity index (χ2v) is 8.41. The Kier molecular flexibility index (Phi) is 4.81. The van der Waals surface area contributed by atoms with Gasteiger partial charge in [0.1, 0.15) is 0 Å². The maximum absolute atomic E-state index is 12.3. The minimum atomic E-state index is -3.85. The highest BCUT2D eigenvalue weighted by molar-refractivity contribution is 7.99.